The van der Waals surface area contributed by atoms with Gasteiger partial charge in [0.25, 0.3) is 0 Å². The second kappa shape index (κ2) is 5.29. The molecule has 18 heavy (non-hydrogen) atoms. The summed E-state index contributed by atoms with van der Waals surface area (Å²) in [5.74, 6) is 0.0245. The van der Waals surface area contributed by atoms with Crippen LogP contribution in [0.5, 0.6) is 0 Å². The highest BCUT2D eigenvalue weighted by Gasteiger charge is 2.40. The van der Waals surface area contributed by atoms with Crippen molar-refractivity contribution in [3.8, 4) is 0 Å². The van der Waals surface area contributed by atoms with Gasteiger partial charge in [0.05, 0.1) is 6.04 Å². The van der Waals surface area contributed by atoms with Crippen LogP contribution >= 0.6 is 0 Å². The number of nitrogens with zero attached hydrogens (tertiary/aromatic N) is 1. The monoisotopic (exact) mass is 255 g/mol. The van der Waals surface area contributed by atoms with Crippen molar-refractivity contribution in [2.24, 2.45) is 5.92 Å². The molecular weight excluding hydrogens is 230 g/mol. The van der Waals surface area contributed by atoms with Crippen molar-refractivity contribution in [1.29, 1.82) is 0 Å². The molecular formula is C14H25NO3. The minimum atomic E-state index is -0.523. The maximum absolute atomic E-state index is 12.2. The van der Waals surface area contributed by atoms with Gasteiger partial charge in [-0.3, -0.25) is 9.69 Å². The number of carbonyl (C=O) groups is 2. The van der Waals surface area contributed by atoms with Gasteiger partial charge < -0.3 is 4.74 Å². The standard InChI is InChI=1S/C14H25NO3/c1-9(2)12(16)10(3)15(11-7-8-11)13(17)18-14(4,5)6/h9-11H,7-8H2,1-6H3. The van der Waals surface area contributed by atoms with E-state index in [1.54, 1.807) is 11.8 Å². The summed E-state index contributed by atoms with van der Waals surface area (Å²) in [6, 6.07) is -0.218. The van der Waals surface area contributed by atoms with Gasteiger partial charge in [-0.2, -0.15) is 0 Å². The summed E-state index contributed by atoms with van der Waals surface area (Å²) in [6.45, 7) is 11.0. The first-order valence-electron chi connectivity index (χ1n) is 6.68. The summed E-state index contributed by atoms with van der Waals surface area (Å²) in [5, 5.41) is 0. The van der Waals surface area contributed by atoms with Crippen molar-refractivity contribution in [1.82, 2.24) is 4.90 Å². The van der Waals surface area contributed by atoms with Crippen molar-refractivity contribution >= 4 is 11.9 Å². The summed E-state index contributed by atoms with van der Waals surface area (Å²) < 4.78 is 5.39. The van der Waals surface area contributed by atoms with E-state index in [0.29, 0.717) is 0 Å². The molecule has 1 aliphatic carbocycles. The molecule has 0 spiro atoms. The SMILES string of the molecule is CC(C)C(=O)C(C)N(C(=O)OC(C)(C)C)C1CC1. The predicted octanol–water partition coefficient (Wildman–Crippen LogP) is 3.00. The number of hydrogen-bond donors (Lipinski definition) is 0. The maximum atomic E-state index is 12.2. The van der Waals surface area contributed by atoms with Crippen molar-refractivity contribution in [2.45, 2.75) is 72.1 Å². The Labute approximate surface area is 110 Å². The van der Waals surface area contributed by atoms with Gasteiger partial charge in [0.15, 0.2) is 5.78 Å². The Balaban J connectivity index is 2.77. The molecule has 1 unspecified atom stereocenters. The summed E-state index contributed by atoms with van der Waals surface area (Å²) in [4.78, 5) is 25.8. The lowest BCUT2D eigenvalue weighted by Gasteiger charge is -2.31. The van der Waals surface area contributed by atoms with Crippen LogP contribution in [0, 0.1) is 5.92 Å². The Bertz CT molecular complexity index is 326. The Morgan fingerprint density at radius 1 is 1.17 bits per heavy atom. The number of carbonyl (C=O) groups excluding carboxylic acids is 2. The molecule has 0 heterocycles. The third kappa shape index (κ3) is 4.00. The van der Waals surface area contributed by atoms with Gasteiger partial charge in [0, 0.05) is 12.0 Å². The summed E-state index contributed by atoms with van der Waals surface area (Å²) in [7, 11) is 0. The highest BCUT2D eigenvalue weighted by molar-refractivity contribution is 5.88. The molecule has 0 aromatic heterocycles. The first-order chi connectivity index (χ1) is 8.13. The number of rotatable bonds is 4. The van der Waals surface area contributed by atoms with E-state index in [4.69, 9.17) is 4.74 Å². The van der Waals surface area contributed by atoms with Gasteiger partial charge in [0.2, 0.25) is 0 Å². The zero-order valence-electron chi connectivity index (χ0n) is 12.3. The smallest absolute Gasteiger partial charge is 0.411 e. The number of amides is 1. The largest absolute Gasteiger partial charge is 0.444 e. The van der Waals surface area contributed by atoms with E-state index in [-0.39, 0.29) is 23.8 Å². The van der Waals surface area contributed by atoms with Crippen LogP contribution < -0.4 is 0 Å². The molecule has 0 radical (unpaired) electrons. The second-order valence-electron chi connectivity index (χ2n) is 6.35. The van der Waals surface area contributed by atoms with Gasteiger partial charge in [-0.1, -0.05) is 13.8 Å². The molecule has 4 nitrogen and oxygen atoms in total. The Hall–Kier alpha value is -1.06. The topological polar surface area (TPSA) is 46.6 Å². The average Bonchev–Trinajstić information content (AvgIpc) is 2.97. The normalized spacial score (nSPS) is 17.5. The minimum Gasteiger partial charge on any atom is -0.444 e. The molecule has 1 atom stereocenters. The molecule has 0 bridgehead atoms. The van der Waals surface area contributed by atoms with E-state index in [0.717, 1.165) is 12.8 Å². The molecule has 0 saturated heterocycles. The van der Waals surface area contributed by atoms with Crippen molar-refractivity contribution in [2.75, 3.05) is 0 Å². The van der Waals surface area contributed by atoms with E-state index in [9.17, 15) is 9.59 Å². The second-order valence-corrected chi connectivity index (χ2v) is 6.35. The van der Waals surface area contributed by atoms with Crippen LogP contribution in [0.15, 0.2) is 0 Å². The zero-order valence-corrected chi connectivity index (χ0v) is 12.3. The molecule has 0 aliphatic heterocycles. The summed E-state index contributed by atoms with van der Waals surface area (Å²) in [6.07, 6.45) is 1.57. The molecule has 1 amide bonds. The van der Waals surface area contributed by atoms with Crippen LogP contribution in [0.1, 0.15) is 54.4 Å². The zero-order chi connectivity index (χ0) is 14.1. The third-order valence-electron chi connectivity index (χ3n) is 2.94. The van der Waals surface area contributed by atoms with Gasteiger partial charge >= 0.3 is 6.09 Å². The maximum Gasteiger partial charge on any atom is 0.411 e. The lowest BCUT2D eigenvalue weighted by atomic mass is 10.0. The molecule has 1 rings (SSSR count). The van der Waals surface area contributed by atoms with E-state index < -0.39 is 11.6 Å². The van der Waals surface area contributed by atoms with E-state index >= 15 is 0 Å². The highest BCUT2D eigenvalue weighted by atomic mass is 16.6. The van der Waals surface area contributed by atoms with E-state index in [2.05, 4.69) is 0 Å². The number of hydrogen-bond acceptors (Lipinski definition) is 3. The molecule has 0 aromatic rings. The molecule has 0 aromatic carbocycles. The van der Waals surface area contributed by atoms with Crippen molar-refractivity contribution in [3.05, 3.63) is 0 Å². The van der Waals surface area contributed by atoms with Crippen LogP contribution in [0.2, 0.25) is 0 Å². The first kappa shape index (κ1) is 15.0. The Morgan fingerprint density at radius 2 is 1.67 bits per heavy atom. The number of ether oxygens (including phenoxy) is 1. The molecule has 4 heteroatoms. The molecule has 1 fully saturated rings. The van der Waals surface area contributed by atoms with Crippen LogP contribution in [0.4, 0.5) is 4.79 Å². The van der Waals surface area contributed by atoms with Crippen LogP contribution in [0.3, 0.4) is 0 Å². The quantitative estimate of drug-likeness (QED) is 0.775. The molecule has 104 valence electrons. The fourth-order valence-electron chi connectivity index (χ4n) is 1.91. The predicted molar refractivity (Wildman–Crippen MR) is 70.4 cm³/mol. The highest BCUT2D eigenvalue weighted by Crippen LogP contribution is 2.31. The minimum absolute atomic E-state index is 0.0660. The van der Waals surface area contributed by atoms with Gasteiger partial charge in [-0.25, -0.2) is 4.79 Å². The molecule has 0 N–H and O–H groups in total. The Morgan fingerprint density at radius 3 is 2.00 bits per heavy atom. The summed E-state index contributed by atoms with van der Waals surface area (Å²) >= 11 is 0. The lowest BCUT2D eigenvalue weighted by Crippen LogP contribution is -2.48. The van der Waals surface area contributed by atoms with E-state index in [1.807, 2.05) is 34.6 Å². The summed E-state index contributed by atoms with van der Waals surface area (Å²) in [5.41, 5.74) is -0.523. The fraction of sp³-hybridized carbons (Fsp3) is 0.857. The fourth-order valence-corrected chi connectivity index (χ4v) is 1.91. The van der Waals surface area contributed by atoms with Crippen molar-refractivity contribution in [3.63, 3.8) is 0 Å². The lowest BCUT2D eigenvalue weighted by molar-refractivity contribution is -0.126. The van der Waals surface area contributed by atoms with Gasteiger partial charge in [-0.05, 0) is 40.5 Å². The first-order valence-corrected chi connectivity index (χ1v) is 6.68. The van der Waals surface area contributed by atoms with Gasteiger partial charge in [-0.15, -0.1) is 0 Å². The van der Waals surface area contributed by atoms with Crippen molar-refractivity contribution < 1.29 is 14.3 Å². The van der Waals surface area contributed by atoms with Gasteiger partial charge in [0.1, 0.15) is 5.60 Å². The Kier molecular flexibility index (Phi) is 4.41. The number of ketones is 1. The van der Waals surface area contributed by atoms with Crippen LogP contribution in [0.25, 0.3) is 0 Å². The average molecular weight is 255 g/mol. The molecule has 1 saturated carbocycles. The van der Waals surface area contributed by atoms with Crippen LogP contribution in [-0.4, -0.2) is 34.5 Å². The van der Waals surface area contributed by atoms with Crippen LogP contribution in [-0.2, 0) is 9.53 Å². The number of Topliss-reactive ketones (excluding diaryl/α,β-unsaturated/α-hetero) is 1. The third-order valence-corrected chi connectivity index (χ3v) is 2.94. The molecule has 1 aliphatic rings. The van der Waals surface area contributed by atoms with E-state index in [1.165, 1.54) is 0 Å².